The molecule has 2 bridgehead atoms. The van der Waals surface area contributed by atoms with Crippen molar-refractivity contribution in [2.75, 3.05) is 6.54 Å². The van der Waals surface area contributed by atoms with E-state index in [-0.39, 0.29) is 11.4 Å². The molecule has 0 heterocycles. The number of carbonyl (C=O) groups is 1. The van der Waals surface area contributed by atoms with Gasteiger partial charge >= 0.3 is 0 Å². The summed E-state index contributed by atoms with van der Waals surface area (Å²) in [7, 11) is 0. The molecular formula is C15H28N2O. The van der Waals surface area contributed by atoms with Crippen LogP contribution in [0.4, 0.5) is 0 Å². The number of nitrogens with one attached hydrogen (secondary N) is 2. The van der Waals surface area contributed by atoms with E-state index in [1.807, 2.05) is 0 Å². The first-order valence-corrected chi connectivity index (χ1v) is 7.39. The van der Waals surface area contributed by atoms with Crippen molar-refractivity contribution in [1.29, 1.82) is 0 Å². The Morgan fingerprint density at radius 1 is 1.28 bits per heavy atom. The van der Waals surface area contributed by atoms with Gasteiger partial charge in [-0.25, -0.2) is 0 Å². The van der Waals surface area contributed by atoms with Gasteiger partial charge in [-0.1, -0.05) is 6.42 Å². The molecule has 2 N–H and O–H groups in total. The first-order valence-electron chi connectivity index (χ1n) is 7.39. The van der Waals surface area contributed by atoms with Crippen LogP contribution in [0, 0.1) is 17.8 Å². The number of carbonyl (C=O) groups excluding carboxylic acids is 1. The van der Waals surface area contributed by atoms with Gasteiger partial charge in [0.2, 0.25) is 5.91 Å². The van der Waals surface area contributed by atoms with Crippen LogP contribution in [0.5, 0.6) is 0 Å². The molecule has 104 valence electrons. The Morgan fingerprint density at radius 3 is 2.50 bits per heavy atom. The standard InChI is InChI=1S/C15H28N2O/c1-10(13-8-11-5-6-12(13)7-11)17-14(18)9-16-15(2,3)4/h10-13,16H,5-9H2,1-4H3,(H,17,18)/t10-,11-,12-,13-/m0/s1. The summed E-state index contributed by atoms with van der Waals surface area (Å²) in [5.74, 6) is 2.69. The lowest BCUT2D eigenvalue weighted by molar-refractivity contribution is -0.121. The smallest absolute Gasteiger partial charge is 0.234 e. The van der Waals surface area contributed by atoms with E-state index < -0.39 is 0 Å². The van der Waals surface area contributed by atoms with Crippen molar-refractivity contribution in [1.82, 2.24) is 10.6 Å². The molecule has 0 aliphatic heterocycles. The van der Waals surface area contributed by atoms with Crippen LogP contribution in [-0.4, -0.2) is 24.0 Å². The number of fused-ring (bicyclic) bond motifs is 2. The average molecular weight is 252 g/mol. The summed E-state index contributed by atoms with van der Waals surface area (Å²) in [6.45, 7) is 8.86. The van der Waals surface area contributed by atoms with Crippen LogP contribution in [0.3, 0.4) is 0 Å². The normalized spacial score (nSPS) is 32.6. The molecule has 0 aromatic rings. The zero-order valence-electron chi connectivity index (χ0n) is 12.3. The van der Waals surface area contributed by atoms with Gasteiger partial charge in [0, 0.05) is 11.6 Å². The fourth-order valence-electron chi connectivity index (χ4n) is 3.66. The van der Waals surface area contributed by atoms with E-state index in [0.29, 0.717) is 12.6 Å². The van der Waals surface area contributed by atoms with Gasteiger partial charge in [-0.2, -0.15) is 0 Å². The van der Waals surface area contributed by atoms with Gasteiger partial charge in [-0.15, -0.1) is 0 Å². The summed E-state index contributed by atoms with van der Waals surface area (Å²) in [5.41, 5.74) is 0.00695. The molecule has 2 saturated carbocycles. The number of hydrogen-bond acceptors (Lipinski definition) is 2. The van der Waals surface area contributed by atoms with Crippen LogP contribution >= 0.6 is 0 Å². The summed E-state index contributed by atoms with van der Waals surface area (Å²) >= 11 is 0. The monoisotopic (exact) mass is 252 g/mol. The highest BCUT2D eigenvalue weighted by atomic mass is 16.2. The summed E-state index contributed by atoms with van der Waals surface area (Å²) in [6.07, 6.45) is 5.55. The molecule has 0 aromatic heterocycles. The molecule has 3 nitrogen and oxygen atoms in total. The minimum Gasteiger partial charge on any atom is -0.352 e. The third-order valence-corrected chi connectivity index (χ3v) is 4.60. The lowest BCUT2D eigenvalue weighted by Gasteiger charge is -2.29. The Labute approximate surface area is 111 Å². The lowest BCUT2D eigenvalue weighted by Crippen LogP contribution is -2.47. The molecule has 2 aliphatic carbocycles. The summed E-state index contributed by atoms with van der Waals surface area (Å²) < 4.78 is 0. The first kappa shape index (κ1) is 13.9. The molecule has 0 spiro atoms. The molecule has 18 heavy (non-hydrogen) atoms. The fourth-order valence-corrected chi connectivity index (χ4v) is 3.66. The maximum atomic E-state index is 11.9. The van der Waals surface area contributed by atoms with E-state index in [0.717, 1.165) is 17.8 Å². The maximum Gasteiger partial charge on any atom is 0.234 e. The zero-order valence-corrected chi connectivity index (χ0v) is 12.3. The first-order chi connectivity index (χ1) is 8.35. The Bertz CT molecular complexity index is 308. The highest BCUT2D eigenvalue weighted by Gasteiger charge is 2.42. The van der Waals surface area contributed by atoms with Crippen molar-refractivity contribution >= 4 is 5.91 Å². The van der Waals surface area contributed by atoms with Crippen LogP contribution in [0.15, 0.2) is 0 Å². The van der Waals surface area contributed by atoms with Gasteiger partial charge in [-0.05, 0) is 64.7 Å². The summed E-state index contributed by atoms with van der Waals surface area (Å²) in [5, 5.41) is 6.42. The Hall–Kier alpha value is -0.570. The van der Waals surface area contributed by atoms with Gasteiger partial charge in [0.25, 0.3) is 0 Å². The zero-order chi connectivity index (χ0) is 13.3. The fraction of sp³-hybridized carbons (Fsp3) is 0.933. The van der Waals surface area contributed by atoms with Gasteiger partial charge in [0.05, 0.1) is 6.54 Å². The van der Waals surface area contributed by atoms with Gasteiger partial charge in [-0.3, -0.25) is 4.79 Å². The molecule has 0 unspecified atom stereocenters. The maximum absolute atomic E-state index is 11.9. The van der Waals surface area contributed by atoms with Crippen molar-refractivity contribution in [3.05, 3.63) is 0 Å². The molecule has 2 fully saturated rings. The van der Waals surface area contributed by atoms with Crippen molar-refractivity contribution in [3.63, 3.8) is 0 Å². The number of rotatable bonds is 4. The van der Waals surface area contributed by atoms with Crippen molar-refractivity contribution in [2.24, 2.45) is 17.8 Å². The van der Waals surface area contributed by atoms with Gasteiger partial charge in [0.15, 0.2) is 0 Å². The minimum absolute atomic E-state index is 0.00695. The van der Waals surface area contributed by atoms with Crippen LogP contribution < -0.4 is 10.6 Å². The highest BCUT2D eigenvalue weighted by molar-refractivity contribution is 5.78. The van der Waals surface area contributed by atoms with E-state index in [1.54, 1.807) is 0 Å². The second-order valence-electron chi connectivity index (χ2n) is 7.30. The quantitative estimate of drug-likeness (QED) is 0.806. The van der Waals surface area contributed by atoms with E-state index in [2.05, 4.69) is 38.3 Å². The lowest BCUT2D eigenvalue weighted by atomic mass is 9.84. The largest absolute Gasteiger partial charge is 0.352 e. The third kappa shape index (κ3) is 3.47. The molecular weight excluding hydrogens is 224 g/mol. The van der Waals surface area contributed by atoms with Crippen LogP contribution in [-0.2, 0) is 4.79 Å². The summed E-state index contributed by atoms with van der Waals surface area (Å²) in [6, 6.07) is 0.342. The molecule has 2 rings (SSSR count). The molecule has 3 heteroatoms. The minimum atomic E-state index is 0.00695. The predicted molar refractivity (Wildman–Crippen MR) is 74.3 cm³/mol. The predicted octanol–water partition coefficient (Wildman–Crippen LogP) is 2.32. The molecule has 0 radical (unpaired) electrons. The van der Waals surface area contributed by atoms with Gasteiger partial charge < -0.3 is 10.6 Å². The SMILES string of the molecule is C[C@H](NC(=O)CNC(C)(C)C)[C@@H]1C[C@H]2CC[C@H]1C2. The Balaban J connectivity index is 1.74. The summed E-state index contributed by atoms with van der Waals surface area (Å²) in [4.78, 5) is 11.9. The van der Waals surface area contributed by atoms with Crippen molar-refractivity contribution < 1.29 is 4.79 Å². The third-order valence-electron chi connectivity index (χ3n) is 4.60. The number of amides is 1. The molecule has 4 atom stereocenters. The molecule has 0 saturated heterocycles. The molecule has 1 amide bonds. The molecule has 0 aromatic carbocycles. The van der Waals surface area contributed by atoms with Crippen LogP contribution in [0.1, 0.15) is 53.4 Å². The van der Waals surface area contributed by atoms with Crippen LogP contribution in [0.2, 0.25) is 0 Å². The van der Waals surface area contributed by atoms with E-state index in [4.69, 9.17) is 0 Å². The van der Waals surface area contributed by atoms with E-state index in [1.165, 1.54) is 25.7 Å². The van der Waals surface area contributed by atoms with E-state index >= 15 is 0 Å². The average Bonchev–Trinajstić information content (AvgIpc) is 2.87. The van der Waals surface area contributed by atoms with E-state index in [9.17, 15) is 4.79 Å². The number of hydrogen-bond donors (Lipinski definition) is 2. The topological polar surface area (TPSA) is 41.1 Å². The van der Waals surface area contributed by atoms with Crippen LogP contribution in [0.25, 0.3) is 0 Å². The second-order valence-corrected chi connectivity index (χ2v) is 7.30. The van der Waals surface area contributed by atoms with Crippen molar-refractivity contribution in [3.8, 4) is 0 Å². The Morgan fingerprint density at radius 2 is 2.00 bits per heavy atom. The molecule has 2 aliphatic rings. The highest BCUT2D eigenvalue weighted by Crippen LogP contribution is 2.49. The van der Waals surface area contributed by atoms with Crippen molar-refractivity contribution in [2.45, 2.75) is 65.0 Å². The Kier molecular flexibility index (Phi) is 4.00. The second kappa shape index (κ2) is 5.20. The van der Waals surface area contributed by atoms with Gasteiger partial charge in [0.1, 0.15) is 0 Å².